The van der Waals surface area contributed by atoms with Crippen molar-refractivity contribution < 1.29 is 13.2 Å². The van der Waals surface area contributed by atoms with Crippen molar-refractivity contribution in [3.05, 3.63) is 59.0 Å². The minimum atomic E-state index is -0.562. The zero-order chi connectivity index (χ0) is 12.7. The molecule has 92 valence electrons. The zero-order valence-corrected chi connectivity index (χ0v) is 9.95. The van der Waals surface area contributed by atoms with Crippen LogP contribution < -0.4 is 5.73 Å². The van der Waals surface area contributed by atoms with Crippen molar-refractivity contribution in [2.75, 3.05) is 0 Å². The standard InChI is InChI=1S/C13H9ClFNO2/c14-12-4-3-10(18-12)13(16)11-6-7-5-8(15)1-2-9(7)17-11/h1-6,13H,16H2. The summed E-state index contributed by atoms with van der Waals surface area (Å²) in [5.74, 6) is 0.686. The summed E-state index contributed by atoms with van der Waals surface area (Å²) < 4.78 is 23.8. The molecule has 3 nitrogen and oxygen atoms in total. The minimum absolute atomic E-state index is 0.266. The Balaban J connectivity index is 2.03. The summed E-state index contributed by atoms with van der Waals surface area (Å²) in [4.78, 5) is 0. The quantitative estimate of drug-likeness (QED) is 0.765. The largest absolute Gasteiger partial charge is 0.459 e. The van der Waals surface area contributed by atoms with Gasteiger partial charge in [-0.1, -0.05) is 0 Å². The number of furan rings is 2. The van der Waals surface area contributed by atoms with Gasteiger partial charge in [-0.15, -0.1) is 0 Å². The van der Waals surface area contributed by atoms with Crippen LogP contribution in [0.2, 0.25) is 5.22 Å². The lowest BCUT2D eigenvalue weighted by molar-refractivity contribution is 0.446. The van der Waals surface area contributed by atoms with E-state index >= 15 is 0 Å². The fourth-order valence-electron chi connectivity index (χ4n) is 1.82. The first-order chi connectivity index (χ1) is 8.63. The molecule has 3 aromatic rings. The molecule has 2 aromatic heterocycles. The van der Waals surface area contributed by atoms with Crippen molar-refractivity contribution in [2.45, 2.75) is 6.04 Å². The van der Waals surface area contributed by atoms with E-state index in [9.17, 15) is 4.39 Å². The molecule has 0 spiro atoms. The van der Waals surface area contributed by atoms with E-state index in [1.165, 1.54) is 12.1 Å². The summed E-state index contributed by atoms with van der Waals surface area (Å²) in [7, 11) is 0. The van der Waals surface area contributed by atoms with E-state index in [0.29, 0.717) is 22.5 Å². The Hall–Kier alpha value is -1.78. The number of benzene rings is 1. The number of rotatable bonds is 2. The zero-order valence-electron chi connectivity index (χ0n) is 9.19. The van der Waals surface area contributed by atoms with E-state index in [1.54, 1.807) is 24.3 Å². The van der Waals surface area contributed by atoms with Crippen LogP contribution in [-0.4, -0.2) is 0 Å². The van der Waals surface area contributed by atoms with E-state index in [4.69, 9.17) is 26.2 Å². The highest BCUT2D eigenvalue weighted by molar-refractivity contribution is 6.28. The molecule has 2 N–H and O–H groups in total. The monoisotopic (exact) mass is 265 g/mol. The maximum atomic E-state index is 13.1. The summed E-state index contributed by atoms with van der Waals surface area (Å²) in [6.45, 7) is 0. The van der Waals surface area contributed by atoms with Crippen molar-refractivity contribution in [3.63, 3.8) is 0 Å². The Morgan fingerprint density at radius 1 is 1.06 bits per heavy atom. The number of nitrogens with two attached hydrogens (primary N) is 1. The molecule has 2 heterocycles. The Morgan fingerprint density at radius 3 is 2.61 bits per heavy atom. The second-order valence-electron chi connectivity index (χ2n) is 3.95. The van der Waals surface area contributed by atoms with Gasteiger partial charge in [-0.2, -0.15) is 0 Å². The second-order valence-corrected chi connectivity index (χ2v) is 4.32. The molecular formula is C13H9ClFNO2. The third kappa shape index (κ3) is 1.89. The fraction of sp³-hybridized carbons (Fsp3) is 0.0769. The van der Waals surface area contributed by atoms with Gasteiger partial charge in [0.15, 0.2) is 5.22 Å². The highest BCUT2D eigenvalue weighted by Crippen LogP contribution is 2.28. The minimum Gasteiger partial charge on any atom is -0.459 e. The molecule has 0 radical (unpaired) electrons. The summed E-state index contributed by atoms with van der Waals surface area (Å²) in [5.41, 5.74) is 6.57. The lowest BCUT2D eigenvalue weighted by Crippen LogP contribution is -2.09. The Kier molecular flexibility index (Phi) is 2.61. The van der Waals surface area contributed by atoms with Crippen LogP contribution >= 0.6 is 11.6 Å². The normalized spacial score (nSPS) is 13.1. The van der Waals surface area contributed by atoms with Crippen LogP contribution in [0.1, 0.15) is 17.6 Å². The highest BCUT2D eigenvalue weighted by Gasteiger charge is 2.17. The molecule has 1 atom stereocenters. The van der Waals surface area contributed by atoms with Gasteiger partial charge in [0.05, 0.1) is 0 Å². The fourth-order valence-corrected chi connectivity index (χ4v) is 1.98. The highest BCUT2D eigenvalue weighted by atomic mass is 35.5. The molecule has 0 aliphatic heterocycles. The molecular weight excluding hydrogens is 257 g/mol. The second kappa shape index (κ2) is 4.15. The molecule has 5 heteroatoms. The van der Waals surface area contributed by atoms with Gasteiger partial charge in [0.1, 0.15) is 29.0 Å². The van der Waals surface area contributed by atoms with Crippen LogP contribution in [-0.2, 0) is 0 Å². The lowest BCUT2D eigenvalue weighted by Gasteiger charge is -2.03. The summed E-state index contributed by atoms with van der Waals surface area (Å²) >= 11 is 5.69. The van der Waals surface area contributed by atoms with E-state index in [-0.39, 0.29) is 11.0 Å². The van der Waals surface area contributed by atoms with E-state index < -0.39 is 6.04 Å². The Morgan fingerprint density at radius 2 is 1.89 bits per heavy atom. The van der Waals surface area contributed by atoms with Crippen LogP contribution in [0.3, 0.4) is 0 Å². The summed E-state index contributed by atoms with van der Waals surface area (Å²) in [5, 5.41) is 0.931. The van der Waals surface area contributed by atoms with Crippen molar-refractivity contribution in [1.29, 1.82) is 0 Å². The van der Waals surface area contributed by atoms with Gasteiger partial charge in [-0.3, -0.25) is 0 Å². The number of hydrogen-bond donors (Lipinski definition) is 1. The van der Waals surface area contributed by atoms with Crippen LogP contribution in [0, 0.1) is 5.82 Å². The smallest absolute Gasteiger partial charge is 0.193 e. The molecule has 0 fully saturated rings. The van der Waals surface area contributed by atoms with Gasteiger partial charge in [-0.25, -0.2) is 4.39 Å². The maximum absolute atomic E-state index is 13.1. The van der Waals surface area contributed by atoms with Gasteiger partial charge in [0.25, 0.3) is 0 Å². The third-order valence-electron chi connectivity index (χ3n) is 2.70. The first-order valence-electron chi connectivity index (χ1n) is 5.33. The SMILES string of the molecule is NC(c1ccc(Cl)o1)c1cc2cc(F)ccc2o1. The van der Waals surface area contributed by atoms with Crippen molar-refractivity contribution in [1.82, 2.24) is 0 Å². The molecule has 3 rings (SSSR count). The molecule has 0 saturated heterocycles. The average Bonchev–Trinajstić information content (AvgIpc) is 2.93. The molecule has 0 bridgehead atoms. The molecule has 0 aliphatic rings. The maximum Gasteiger partial charge on any atom is 0.193 e. The van der Waals surface area contributed by atoms with E-state index in [0.717, 1.165) is 0 Å². The van der Waals surface area contributed by atoms with E-state index in [2.05, 4.69) is 0 Å². The molecule has 0 saturated carbocycles. The van der Waals surface area contributed by atoms with Gasteiger partial charge in [-0.05, 0) is 48.0 Å². The topological polar surface area (TPSA) is 52.3 Å². The third-order valence-corrected chi connectivity index (χ3v) is 2.91. The summed E-state index contributed by atoms with van der Waals surface area (Å²) in [6.07, 6.45) is 0. The molecule has 1 unspecified atom stereocenters. The predicted molar refractivity (Wildman–Crippen MR) is 65.9 cm³/mol. The van der Waals surface area contributed by atoms with Gasteiger partial charge >= 0.3 is 0 Å². The van der Waals surface area contributed by atoms with Gasteiger partial charge < -0.3 is 14.6 Å². The molecule has 0 aliphatic carbocycles. The van der Waals surface area contributed by atoms with Crippen LogP contribution in [0.25, 0.3) is 11.0 Å². The van der Waals surface area contributed by atoms with Gasteiger partial charge in [0, 0.05) is 5.39 Å². The van der Waals surface area contributed by atoms with Crippen molar-refractivity contribution >= 4 is 22.6 Å². The first-order valence-corrected chi connectivity index (χ1v) is 5.71. The molecule has 18 heavy (non-hydrogen) atoms. The Bertz CT molecular complexity index is 704. The molecule has 1 aromatic carbocycles. The first kappa shape index (κ1) is 11.3. The van der Waals surface area contributed by atoms with Crippen LogP contribution in [0.5, 0.6) is 0 Å². The van der Waals surface area contributed by atoms with Crippen LogP contribution in [0.15, 0.2) is 45.2 Å². The van der Waals surface area contributed by atoms with Crippen molar-refractivity contribution in [3.8, 4) is 0 Å². The Labute approximate surface area is 107 Å². The summed E-state index contributed by atoms with van der Waals surface area (Å²) in [6, 6.07) is 8.72. The van der Waals surface area contributed by atoms with Crippen LogP contribution in [0.4, 0.5) is 4.39 Å². The van der Waals surface area contributed by atoms with Crippen molar-refractivity contribution in [2.24, 2.45) is 5.73 Å². The number of hydrogen-bond acceptors (Lipinski definition) is 3. The lowest BCUT2D eigenvalue weighted by atomic mass is 10.1. The van der Waals surface area contributed by atoms with E-state index in [1.807, 2.05) is 0 Å². The molecule has 0 amide bonds. The number of fused-ring (bicyclic) bond motifs is 1. The van der Waals surface area contributed by atoms with Gasteiger partial charge in [0.2, 0.25) is 0 Å². The predicted octanol–water partition coefficient (Wildman–Crippen LogP) is 3.87. The average molecular weight is 266 g/mol. The number of halogens is 2.